The Kier molecular flexibility index (Phi) is 10.4. The number of methoxy groups -OCH3 is 2. The number of aromatic nitrogens is 1. The molecule has 1 aromatic heterocycles. The number of aliphatic hydroxyl groups is 2. The third-order valence-electron chi connectivity index (χ3n) is 5.57. The first-order valence-corrected chi connectivity index (χ1v) is 11.5. The van der Waals surface area contributed by atoms with Gasteiger partial charge >= 0.3 is 5.97 Å². The van der Waals surface area contributed by atoms with E-state index in [1.54, 1.807) is 31.4 Å². The molecule has 34 heavy (non-hydrogen) atoms. The molecule has 1 aromatic carbocycles. The van der Waals surface area contributed by atoms with E-state index >= 15 is 0 Å². The Balaban J connectivity index is 2.62. The molecule has 0 radical (unpaired) electrons. The van der Waals surface area contributed by atoms with Gasteiger partial charge in [-0.3, -0.25) is 9.78 Å². The first kappa shape index (κ1) is 27.6. The number of carbonyl (C=O) groups excluding carboxylic acids is 1. The number of rotatable bonds is 11. The molecule has 7 heteroatoms. The minimum Gasteiger partial charge on any atom is -0.469 e. The van der Waals surface area contributed by atoms with Gasteiger partial charge in [0, 0.05) is 35.9 Å². The van der Waals surface area contributed by atoms with Crippen molar-refractivity contribution in [2.45, 2.75) is 71.2 Å². The van der Waals surface area contributed by atoms with Crippen molar-refractivity contribution in [3.05, 3.63) is 58.5 Å². The number of carbonyl (C=O) groups is 1. The van der Waals surface area contributed by atoms with Gasteiger partial charge in [-0.1, -0.05) is 39.8 Å². The van der Waals surface area contributed by atoms with Crippen LogP contribution in [-0.2, 0) is 20.9 Å². The van der Waals surface area contributed by atoms with Crippen molar-refractivity contribution in [2.75, 3.05) is 14.2 Å². The number of hydrogen-bond acceptors (Lipinski definition) is 6. The number of pyridine rings is 1. The minimum atomic E-state index is -1.03. The molecule has 1 heterocycles. The highest BCUT2D eigenvalue weighted by atomic mass is 19.1. The average molecular weight is 474 g/mol. The summed E-state index contributed by atoms with van der Waals surface area (Å²) in [5.74, 6) is -0.618. The lowest BCUT2D eigenvalue weighted by atomic mass is 9.86. The summed E-state index contributed by atoms with van der Waals surface area (Å²) in [7, 11) is 2.89. The summed E-state index contributed by atoms with van der Waals surface area (Å²) in [4.78, 5) is 16.4. The van der Waals surface area contributed by atoms with Gasteiger partial charge in [0.2, 0.25) is 0 Å². The highest BCUT2D eigenvalue weighted by molar-refractivity contribution is 5.76. The molecule has 0 spiro atoms. The molecule has 6 nitrogen and oxygen atoms in total. The van der Waals surface area contributed by atoms with Crippen LogP contribution in [0.2, 0.25) is 0 Å². The number of nitrogens with zero attached hydrogens (tertiary/aromatic N) is 1. The average Bonchev–Trinajstić information content (AvgIpc) is 2.77. The summed E-state index contributed by atoms with van der Waals surface area (Å²) in [6, 6.07) is 6.18. The normalized spacial score (nSPS) is 13.6. The topological polar surface area (TPSA) is 88.9 Å². The summed E-state index contributed by atoms with van der Waals surface area (Å²) in [6.45, 7) is 8.70. The van der Waals surface area contributed by atoms with E-state index in [-0.39, 0.29) is 30.5 Å². The number of halogens is 1. The maximum absolute atomic E-state index is 13.6. The van der Waals surface area contributed by atoms with Gasteiger partial charge in [-0.15, -0.1) is 0 Å². The summed E-state index contributed by atoms with van der Waals surface area (Å²) < 4.78 is 23.7. The SMILES string of the molecule is COCc1c(C(C)C)nc(-c2ccc(F)cc2)c(/C=C/C(O)CC(O)CC(=O)OC)c1C(C)C. The van der Waals surface area contributed by atoms with Crippen LogP contribution < -0.4 is 0 Å². The number of benzene rings is 1. The second-order valence-electron chi connectivity index (χ2n) is 9.00. The molecule has 2 N–H and O–H groups in total. The van der Waals surface area contributed by atoms with Crippen molar-refractivity contribution in [3.8, 4) is 11.3 Å². The molecule has 0 aliphatic rings. The van der Waals surface area contributed by atoms with Gasteiger partial charge in [-0.2, -0.15) is 0 Å². The molecule has 2 unspecified atom stereocenters. The van der Waals surface area contributed by atoms with E-state index in [2.05, 4.69) is 32.4 Å². The largest absolute Gasteiger partial charge is 0.469 e. The predicted octanol–water partition coefficient (Wildman–Crippen LogP) is 4.97. The lowest BCUT2D eigenvalue weighted by molar-refractivity contribution is -0.143. The standard InChI is InChI=1S/C27H36FNO5/c1-16(2)25-22(12-11-20(30)13-21(31)14-24(32)34-6)27(18-7-9-19(28)10-8-18)29-26(17(3)4)23(25)15-33-5/h7-12,16-17,20-21,30-31H,13-15H2,1-6H3/b12-11+. The molecule has 0 bridgehead atoms. The van der Waals surface area contributed by atoms with Gasteiger partial charge in [0.15, 0.2) is 0 Å². The lowest BCUT2D eigenvalue weighted by Crippen LogP contribution is -2.20. The Bertz CT molecular complexity index is 986. The summed E-state index contributed by atoms with van der Waals surface area (Å²) >= 11 is 0. The van der Waals surface area contributed by atoms with Crippen LogP contribution in [0.5, 0.6) is 0 Å². The number of hydrogen-bond donors (Lipinski definition) is 2. The van der Waals surface area contributed by atoms with Crippen molar-refractivity contribution < 1.29 is 28.9 Å². The quantitative estimate of drug-likeness (QED) is 0.448. The fourth-order valence-electron chi connectivity index (χ4n) is 4.03. The minimum absolute atomic E-state index is 0.0169. The van der Waals surface area contributed by atoms with E-state index in [4.69, 9.17) is 9.72 Å². The Morgan fingerprint density at radius 3 is 2.26 bits per heavy atom. The number of ether oxygens (including phenoxy) is 2. The Morgan fingerprint density at radius 2 is 1.74 bits per heavy atom. The molecule has 0 aliphatic carbocycles. The van der Waals surface area contributed by atoms with Crippen molar-refractivity contribution in [1.29, 1.82) is 0 Å². The molecular weight excluding hydrogens is 437 g/mol. The molecule has 2 atom stereocenters. The highest BCUT2D eigenvalue weighted by Gasteiger charge is 2.23. The summed E-state index contributed by atoms with van der Waals surface area (Å²) in [6.07, 6.45) is 1.15. The Labute approximate surface area is 201 Å². The van der Waals surface area contributed by atoms with Crippen LogP contribution in [0.3, 0.4) is 0 Å². The summed E-state index contributed by atoms with van der Waals surface area (Å²) in [5.41, 5.74) is 5.20. The second kappa shape index (κ2) is 12.7. The van der Waals surface area contributed by atoms with Crippen molar-refractivity contribution in [2.24, 2.45) is 0 Å². The van der Waals surface area contributed by atoms with E-state index in [0.29, 0.717) is 12.3 Å². The predicted molar refractivity (Wildman–Crippen MR) is 131 cm³/mol. The maximum Gasteiger partial charge on any atom is 0.308 e. The van der Waals surface area contributed by atoms with E-state index in [1.165, 1.54) is 19.2 Å². The van der Waals surface area contributed by atoms with Crippen LogP contribution in [-0.4, -0.2) is 47.6 Å². The summed E-state index contributed by atoms with van der Waals surface area (Å²) in [5, 5.41) is 20.6. The monoisotopic (exact) mass is 473 g/mol. The van der Waals surface area contributed by atoms with Crippen molar-refractivity contribution >= 4 is 12.0 Å². The van der Waals surface area contributed by atoms with Crippen LogP contribution in [0.1, 0.15) is 74.8 Å². The number of esters is 1. The van der Waals surface area contributed by atoms with Gasteiger partial charge in [0.05, 0.1) is 38.0 Å². The molecule has 2 aromatic rings. The zero-order valence-electron chi connectivity index (χ0n) is 20.8. The zero-order valence-corrected chi connectivity index (χ0v) is 20.8. The molecule has 2 rings (SSSR count). The fraction of sp³-hybridized carbons (Fsp3) is 0.481. The fourth-order valence-corrected chi connectivity index (χ4v) is 4.03. The van der Waals surface area contributed by atoms with Crippen LogP contribution in [0.4, 0.5) is 4.39 Å². The van der Waals surface area contributed by atoms with Crippen LogP contribution >= 0.6 is 0 Å². The number of aliphatic hydroxyl groups excluding tert-OH is 2. The van der Waals surface area contributed by atoms with Crippen LogP contribution in [0.25, 0.3) is 17.3 Å². The van der Waals surface area contributed by atoms with Crippen LogP contribution in [0, 0.1) is 5.82 Å². The Morgan fingerprint density at radius 1 is 1.09 bits per heavy atom. The zero-order chi connectivity index (χ0) is 25.4. The molecule has 186 valence electrons. The van der Waals surface area contributed by atoms with Gasteiger partial charge in [0.25, 0.3) is 0 Å². The molecular formula is C27H36FNO5. The lowest BCUT2D eigenvalue weighted by Gasteiger charge is -2.24. The second-order valence-corrected chi connectivity index (χ2v) is 9.00. The van der Waals surface area contributed by atoms with Crippen LogP contribution in [0.15, 0.2) is 30.3 Å². The molecule has 0 aliphatic heterocycles. The highest BCUT2D eigenvalue weighted by Crippen LogP contribution is 2.37. The third-order valence-corrected chi connectivity index (χ3v) is 5.57. The van der Waals surface area contributed by atoms with Gasteiger partial charge in [0.1, 0.15) is 5.82 Å². The van der Waals surface area contributed by atoms with E-state index < -0.39 is 18.2 Å². The van der Waals surface area contributed by atoms with Crippen molar-refractivity contribution in [1.82, 2.24) is 4.98 Å². The van der Waals surface area contributed by atoms with Gasteiger partial charge in [-0.25, -0.2) is 4.39 Å². The Hall–Kier alpha value is -2.61. The molecule has 0 fully saturated rings. The van der Waals surface area contributed by atoms with E-state index in [1.807, 2.05) is 0 Å². The third kappa shape index (κ3) is 7.19. The smallest absolute Gasteiger partial charge is 0.308 e. The van der Waals surface area contributed by atoms with Gasteiger partial charge in [-0.05, 0) is 41.7 Å². The molecule has 0 saturated heterocycles. The first-order valence-electron chi connectivity index (χ1n) is 11.5. The maximum atomic E-state index is 13.6. The van der Waals surface area contributed by atoms with Gasteiger partial charge < -0.3 is 19.7 Å². The molecule has 0 amide bonds. The first-order chi connectivity index (χ1) is 16.1. The van der Waals surface area contributed by atoms with E-state index in [9.17, 15) is 19.4 Å². The van der Waals surface area contributed by atoms with Crippen molar-refractivity contribution in [3.63, 3.8) is 0 Å². The molecule has 0 saturated carbocycles. The van der Waals surface area contributed by atoms with E-state index in [0.717, 1.165) is 27.9 Å².